The second-order valence-corrected chi connectivity index (χ2v) is 9.10. The molecule has 2 aromatic rings. The number of anilines is 1. The molecule has 29 heavy (non-hydrogen) atoms. The third-order valence-corrected chi connectivity index (χ3v) is 6.41. The average Bonchev–Trinajstić information content (AvgIpc) is 2.73. The second kappa shape index (κ2) is 10.6. The molecule has 1 aliphatic rings. The Labute approximate surface area is 177 Å². The number of carbonyl (C=O) groups is 1. The number of aliphatic hydroxyl groups is 1. The molecule has 2 aromatic carbocycles. The van der Waals surface area contributed by atoms with Crippen molar-refractivity contribution in [3.05, 3.63) is 54.1 Å². The normalized spacial score (nSPS) is 15.9. The summed E-state index contributed by atoms with van der Waals surface area (Å²) in [6.45, 7) is 4.33. The lowest BCUT2D eigenvalue weighted by Gasteiger charge is -2.33. The highest BCUT2D eigenvalue weighted by Gasteiger charge is 2.19. The van der Waals surface area contributed by atoms with Crippen LogP contribution in [0, 0.1) is 0 Å². The van der Waals surface area contributed by atoms with Gasteiger partial charge < -0.3 is 20.4 Å². The Morgan fingerprint density at radius 3 is 2.59 bits per heavy atom. The number of benzene rings is 2. The molecule has 5 nitrogen and oxygen atoms in total. The molecular formula is C23H30N2O3S. The van der Waals surface area contributed by atoms with Crippen LogP contribution in [0.2, 0.25) is 0 Å². The Balaban J connectivity index is 1.45. The molecule has 1 amide bonds. The minimum absolute atomic E-state index is 0.0621. The van der Waals surface area contributed by atoms with Crippen LogP contribution in [0.1, 0.15) is 38.2 Å². The summed E-state index contributed by atoms with van der Waals surface area (Å²) in [6.07, 6.45) is 2.67. The van der Waals surface area contributed by atoms with Gasteiger partial charge in [0.1, 0.15) is 5.75 Å². The first-order valence-electron chi connectivity index (χ1n) is 10.2. The zero-order valence-electron chi connectivity index (χ0n) is 16.9. The van der Waals surface area contributed by atoms with Crippen LogP contribution in [0.4, 0.5) is 5.69 Å². The Morgan fingerprint density at radius 1 is 1.17 bits per heavy atom. The Hall–Kier alpha value is -2.18. The highest BCUT2D eigenvalue weighted by atomic mass is 32.2. The number of para-hydroxylation sites is 1. The molecule has 0 bridgehead atoms. The fourth-order valence-electron chi connectivity index (χ4n) is 3.51. The summed E-state index contributed by atoms with van der Waals surface area (Å²) < 4.78 is 0. The van der Waals surface area contributed by atoms with E-state index in [2.05, 4.69) is 29.3 Å². The van der Waals surface area contributed by atoms with Gasteiger partial charge in [0.15, 0.2) is 0 Å². The molecule has 1 atom stereocenters. The summed E-state index contributed by atoms with van der Waals surface area (Å²) in [5.41, 5.74) is 2.26. The van der Waals surface area contributed by atoms with Crippen LogP contribution in [0.25, 0.3) is 0 Å². The smallest absolute Gasteiger partial charge is 0.220 e. The number of piperidine rings is 1. The predicted molar refractivity (Wildman–Crippen MR) is 118 cm³/mol. The molecule has 1 unspecified atom stereocenters. The molecule has 1 saturated heterocycles. The van der Waals surface area contributed by atoms with Gasteiger partial charge in [-0.3, -0.25) is 4.79 Å². The SMILES string of the molecule is CC(CCC(=O)NCc1ccccc1N1CCC(O)CC1)Sc1ccc(O)cc1. The van der Waals surface area contributed by atoms with Crippen LogP contribution in [0.5, 0.6) is 5.75 Å². The number of amides is 1. The van der Waals surface area contributed by atoms with E-state index in [1.165, 1.54) is 0 Å². The van der Waals surface area contributed by atoms with Gasteiger partial charge in [-0.05, 0) is 55.2 Å². The van der Waals surface area contributed by atoms with Crippen LogP contribution in [-0.2, 0) is 11.3 Å². The fourth-order valence-corrected chi connectivity index (χ4v) is 4.50. The van der Waals surface area contributed by atoms with Gasteiger partial charge >= 0.3 is 0 Å². The van der Waals surface area contributed by atoms with Gasteiger partial charge in [-0.15, -0.1) is 11.8 Å². The lowest BCUT2D eigenvalue weighted by atomic mass is 10.0. The number of carbonyl (C=O) groups excluding carboxylic acids is 1. The van der Waals surface area contributed by atoms with Gasteiger partial charge in [0.05, 0.1) is 6.10 Å². The minimum atomic E-state index is -0.195. The maximum absolute atomic E-state index is 12.3. The lowest BCUT2D eigenvalue weighted by molar-refractivity contribution is -0.121. The molecule has 0 aliphatic carbocycles. The first-order valence-corrected chi connectivity index (χ1v) is 11.1. The van der Waals surface area contributed by atoms with E-state index in [1.54, 1.807) is 23.9 Å². The van der Waals surface area contributed by atoms with Crippen molar-refractivity contribution in [1.29, 1.82) is 0 Å². The van der Waals surface area contributed by atoms with E-state index in [0.717, 1.165) is 48.5 Å². The second-order valence-electron chi connectivity index (χ2n) is 7.58. The Morgan fingerprint density at radius 2 is 1.86 bits per heavy atom. The van der Waals surface area contributed by atoms with Crippen LogP contribution in [0.15, 0.2) is 53.4 Å². The zero-order valence-corrected chi connectivity index (χ0v) is 17.7. The number of nitrogens with one attached hydrogen (secondary N) is 1. The molecule has 156 valence electrons. The summed E-state index contributed by atoms with van der Waals surface area (Å²) in [6, 6.07) is 15.3. The highest BCUT2D eigenvalue weighted by molar-refractivity contribution is 7.99. The van der Waals surface area contributed by atoms with Crippen molar-refractivity contribution in [1.82, 2.24) is 5.32 Å². The quantitative estimate of drug-likeness (QED) is 0.571. The van der Waals surface area contributed by atoms with Gasteiger partial charge in [-0.1, -0.05) is 25.1 Å². The monoisotopic (exact) mass is 414 g/mol. The van der Waals surface area contributed by atoms with E-state index in [0.29, 0.717) is 18.2 Å². The van der Waals surface area contributed by atoms with E-state index in [9.17, 15) is 15.0 Å². The van der Waals surface area contributed by atoms with Crippen molar-refractivity contribution in [2.24, 2.45) is 0 Å². The van der Waals surface area contributed by atoms with Crippen molar-refractivity contribution in [3.8, 4) is 5.75 Å². The average molecular weight is 415 g/mol. The van der Waals surface area contributed by atoms with Gasteiger partial charge in [0.25, 0.3) is 0 Å². The van der Waals surface area contributed by atoms with Crippen molar-refractivity contribution in [3.63, 3.8) is 0 Å². The molecule has 0 saturated carbocycles. The summed E-state index contributed by atoms with van der Waals surface area (Å²) in [4.78, 5) is 15.7. The third-order valence-electron chi connectivity index (χ3n) is 5.22. The molecule has 0 aromatic heterocycles. The predicted octanol–water partition coefficient (Wildman–Crippen LogP) is 3.93. The first kappa shape index (κ1) is 21.5. The van der Waals surface area contributed by atoms with Crippen LogP contribution in [-0.4, -0.2) is 40.6 Å². The standard InChI is InChI=1S/C23H30N2O3S/c1-17(29-21-9-7-19(26)8-10-21)6-11-23(28)24-16-18-4-2-3-5-22(18)25-14-12-20(27)13-15-25/h2-5,7-10,17,20,26-27H,6,11-16H2,1H3,(H,24,28). The fraction of sp³-hybridized carbons (Fsp3) is 0.435. The topological polar surface area (TPSA) is 72.8 Å². The number of nitrogens with zero attached hydrogens (tertiary/aromatic N) is 1. The number of rotatable bonds is 8. The summed E-state index contributed by atoms with van der Waals surface area (Å²) in [5.74, 6) is 0.328. The summed E-state index contributed by atoms with van der Waals surface area (Å²) in [7, 11) is 0. The van der Waals surface area contributed by atoms with Crippen molar-refractivity contribution in [2.45, 2.75) is 55.4 Å². The van der Waals surface area contributed by atoms with Crippen molar-refractivity contribution in [2.75, 3.05) is 18.0 Å². The van der Waals surface area contributed by atoms with Crippen LogP contribution in [0.3, 0.4) is 0 Å². The molecule has 0 radical (unpaired) electrons. The number of hydrogen-bond donors (Lipinski definition) is 3. The number of phenols is 1. The number of phenolic OH excluding ortho intramolecular Hbond substituents is 1. The minimum Gasteiger partial charge on any atom is -0.508 e. The number of aromatic hydroxyl groups is 1. The summed E-state index contributed by atoms with van der Waals surface area (Å²) >= 11 is 1.71. The van der Waals surface area contributed by atoms with Crippen molar-refractivity contribution < 1.29 is 15.0 Å². The number of hydrogen-bond acceptors (Lipinski definition) is 5. The molecule has 6 heteroatoms. The molecule has 1 aliphatic heterocycles. The lowest BCUT2D eigenvalue weighted by Crippen LogP contribution is -2.36. The van der Waals surface area contributed by atoms with E-state index in [1.807, 2.05) is 24.3 Å². The van der Waals surface area contributed by atoms with E-state index >= 15 is 0 Å². The van der Waals surface area contributed by atoms with E-state index < -0.39 is 0 Å². The number of aliphatic hydroxyl groups excluding tert-OH is 1. The maximum Gasteiger partial charge on any atom is 0.220 e. The highest BCUT2D eigenvalue weighted by Crippen LogP contribution is 2.27. The molecule has 0 spiro atoms. The van der Waals surface area contributed by atoms with Gasteiger partial charge in [-0.2, -0.15) is 0 Å². The Kier molecular flexibility index (Phi) is 7.83. The van der Waals surface area contributed by atoms with Gasteiger partial charge in [-0.25, -0.2) is 0 Å². The largest absolute Gasteiger partial charge is 0.508 e. The van der Waals surface area contributed by atoms with Gasteiger partial charge in [0.2, 0.25) is 5.91 Å². The third kappa shape index (κ3) is 6.68. The van der Waals surface area contributed by atoms with Crippen LogP contribution < -0.4 is 10.2 Å². The molecule has 1 heterocycles. The maximum atomic E-state index is 12.3. The Bertz CT molecular complexity index is 789. The van der Waals surface area contributed by atoms with E-state index in [4.69, 9.17) is 0 Å². The zero-order chi connectivity index (χ0) is 20.6. The van der Waals surface area contributed by atoms with Gasteiger partial charge in [0, 0.05) is 41.9 Å². The molecular weight excluding hydrogens is 384 g/mol. The number of thioether (sulfide) groups is 1. The molecule has 3 rings (SSSR count). The van der Waals surface area contributed by atoms with E-state index in [-0.39, 0.29) is 17.8 Å². The molecule has 1 fully saturated rings. The van der Waals surface area contributed by atoms with Crippen molar-refractivity contribution >= 4 is 23.4 Å². The first-order chi connectivity index (χ1) is 14.0. The van der Waals surface area contributed by atoms with Crippen LogP contribution >= 0.6 is 11.8 Å². The molecule has 3 N–H and O–H groups in total. The summed E-state index contributed by atoms with van der Waals surface area (Å²) in [5, 5.41) is 22.5.